The van der Waals surface area contributed by atoms with Crippen LogP contribution in [0.15, 0.2) is 56.7 Å². The number of allylic oxidation sites excluding steroid dienone is 5. The molecule has 0 bridgehead atoms. The zero-order valence-corrected chi connectivity index (χ0v) is 19.0. The van der Waals surface area contributed by atoms with E-state index in [9.17, 15) is 12.8 Å². The minimum absolute atomic E-state index is 0.0169. The summed E-state index contributed by atoms with van der Waals surface area (Å²) in [6.45, 7) is 3.92. The van der Waals surface area contributed by atoms with Crippen molar-refractivity contribution >= 4 is 21.6 Å². The van der Waals surface area contributed by atoms with Gasteiger partial charge < -0.3 is 0 Å². The van der Waals surface area contributed by atoms with Crippen LogP contribution < -0.4 is 0 Å². The van der Waals surface area contributed by atoms with Gasteiger partial charge in [0.15, 0.2) is 9.84 Å². The summed E-state index contributed by atoms with van der Waals surface area (Å²) >= 11 is 1.68. The first-order chi connectivity index (χ1) is 14.3. The first kappa shape index (κ1) is 22.6. The number of halogens is 1. The number of hydrogen-bond donors (Lipinski definition) is 0. The Kier molecular flexibility index (Phi) is 7.38. The van der Waals surface area contributed by atoms with Crippen LogP contribution in [-0.2, 0) is 16.3 Å². The molecule has 0 aromatic heterocycles. The summed E-state index contributed by atoms with van der Waals surface area (Å²) in [6, 6.07) is 4.58. The number of aryl methyl sites for hydroxylation is 2. The monoisotopic (exact) mass is 443 g/mol. The molecule has 0 spiro atoms. The molecule has 0 atom stereocenters. The summed E-state index contributed by atoms with van der Waals surface area (Å²) < 4.78 is 40.1. The van der Waals surface area contributed by atoms with Crippen molar-refractivity contribution in [3.05, 3.63) is 79.2 Å². The van der Waals surface area contributed by atoms with Crippen LogP contribution >= 0.6 is 11.8 Å². The Labute approximate surface area is 183 Å². The summed E-state index contributed by atoms with van der Waals surface area (Å²) in [7, 11) is -3.49. The lowest BCUT2D eigenvalue weighted by Crippen LogP contribution is -2.12. The Morgan fingerprint density at radius 1 is 1.27 bits per heavy atom. The highest BCUT2D eigenvalue weighted by Gasteiger charge is 2.21. The highest BCUT2D eigenvalue weighted by molar-refractivity contribution is 8.06. The SMILES string of the molecule is CCC1=CSC(C2=CC(S(=O)(=O)CCc3cc(F)c(C#N)cc3C)=CCCC2)=CC1. The lowest BCUT2D eigenvalue weighted by Gasteiger charge is -2.15. The molecule has 0 unspecified atom stereocenters. The van der Waals surface area contributed by atoms with E-state index in [1.165, 1.54) is 17.7 Å². The summed E-state index contributed by atoms with van der Waals surface area (Å²) in [4.78, 5) is 1.52. The molecule has 3 rings (SSSR count). The molecule has 0 radical (unpaired) electrons. The molecule has 0 saturated carbocycles. The van der Waals surface area contributed by atoms with Gasteiger partial charge in [0.1, 0.15) is 11.9 Å². The molecule has 2 aliphatic rings. The third kappa shape index (κ3) is 5.33. The summed E-state index contributed by atoms with van der Waals surface area (Å²) in [5.41, 5.74) is 3.81. The Bertz CT molecular complexity index is 1100. The predicted octanol–water partition coefficient (Wildman–Crippen LogP) is 6.27. The molecular formula is C24H26FNO2S2. The summed E-state index contributed by atoms with van der Waals surface area (Å²) in [6.07, 6.45) is 10.5. The molecule has 1 aliphatic heterocycles. The second-order valence-electron chi connectivity index (χ2n) is 7.63. The molecular weight excluding hydrogens is 417 g/mol. The van der Waals surface area contributed by atoms with Gasteiger partial charge in [0.25, 0.3) is 0 Å². The van der Waals surface area contributed by atoms with Gasteiger partial charge in [-0.2, -0.15) is 5.26 Å². The van der Waals surface area contributed by atoms with E-state index in [0.29, 0.717) is 10.5 Å². The first-order valence-electron chi connectivity index (χ1n) is 10.2. The van der Waals surface area contributed by atoms with Crippen LogP contribution in [0.4, 0.5) is 4.39 Å². The van der Waals surface area contributed by atoms with Gasteiger partial charge in [-0.3, -0.25) is 0 Å². The van der Waals surface area contributed by atoms with Gasteiger partial charge in [-0.1, -0.05) is 36.4 Å². The minimum Gasteiger partial charge on any atom is -0.224 e. The normalized spacial score (nSPS) is 17.3. The number of hydrogen-bond acceptors (Lipinski definition) is 4. The summed E-state index contributed by atoms with van der Waals surface area (Å²) in [5, 5.41) is 11.1. The largest absolute Gasteiger partial charge is 0.224 e. The van der Waals surface area contributed by atoms with Gasteiger partial charge >= 0.3 is 0 Å². The first-order valence-corrected chi connectivity index (χ1v) is 12.7. The number of nitrogens with zero attached hydrogens (tertiary/aromatic N) is 1. The van der Waals surface area contributed by atoms with Crippen LogP contribution in [0.1, 0.15) is 55.7 Å². The van der Waals surface area contributed by atoms with Crippen LogP contribution in [0.25, 0.3) is 0 Å². The van der Waals surface area contributed by atoms with Crippen molar-refractivity contribution in [3.63, 3.8) is 0 Å². The molecule has 0 N–H and O–H groups in total. The van der Waals surface area contributed by atoms with E-state index in [4.69, 9.17) is 5.26 Å². The van der Waals surface area contributed by atoms with E-state index < -0.39 is 15.7 Å². The zero-order valence-electron chi connectivity index (χ0n) is 17.4. The zero-order chi connectivity index (χ0) is 21.7. The van der Waals surface area contributed by atoms with E-state index in [0.717, 1.165) is 48.1 Å². The van der Waals surface area contributed by atoms with Crippen molar-refractivity contribution in [2.75, 3.05) is 5.75 Å². The van der Waals surface area contributed by atoms with Crippen LogP contribution in [0, 0.1) is 24.1 Å². The van der Waals surface area contributed by atoms with E-state index in [2.05, 4.69) is 18.4 Å². The Morgan fingerprint density at radius 2 is 2.07 bits per heavy atom. The fourth-order valence-electron chi connectivity index (χ4n) is 3.59. The van der Waals surface area contributed by atoms with Crippen LogP contribution in [0.5, 0.6) is 0 Å². The second kappa shape index (κ2) is 9.80. The molecule has 0 amide bonds. The molecule has 1 aromatic rings. The molecule has 1 heterocycles. The van der Waals surface area contributed by atoms with Gasteiger partial charge in [0.2, 0.25) is 0 Å². The Hall–Kier alpha value is -2.10. The molecule has 0 saturated heterocycles. The number of benzene rings is 1. The highest BCUT2D eigenvalue weighted by atomic mass is 32.2. The van der Waals surface area contributed by atoms with Crippen molar-refractivity contribution in [3.8, 4) is 6.07 Å². The highest BCUT2D eigenvalue weighted by Crippen LogP contribution is 2.37. The number of sulfone groups is 1. The smallest absolute Gasteiger partial charge is 0.178 e. The number of thioether (sulfide) groups is 1. The van der Waals surface area contributed by atoms with Crippen molar-refractivity contribution < 1.29 is 12.8 Å². The molecule has 1 aromatic carbocycles. The third-order valence-electron chi connectivity index (χ3n) is 5.53. The lowest BCUT2D eigenvalue weighted by molar-refractivity contribution is 0.601. The maximum Gasteiger partial charge on any atom is 0.178 e. The molecule has 0 fully saturated rings. The van der Waals surface area contributed by atoms with E-state index in [-0.39, 0.29) is 17.7 Å². The second-order valence-corrected chi connectivity index (χ2v) is 10.6. The maximum absolute atomic E-state index is 14.0. The van der Waals surface area contributed by atoms with Crippen molar-refractivity contribution in [1.82, 2.24) is 0 Å². The molecule has 3 nitrogen and oxygen atoms in total. The number of rotatable bonds is 6. The van der Waals surface area contributed by atoms with Crippen molar-refractivity contribution in [1.29, 1.82) is 5.26 Å². The van der Waals surface area contributed by atoms with Gasteiger partial charge in [-0.25, -0.2) is 12.8 Å². The van der Waals surface area contributed by atoms with Crippen LogP contribution in [0.2, 0.25) is 0 Å². The lowest BCUT2D eigenvalue weighted by atomic mass is 10.0. The Balaban J connectivity index is 1.78. The quantitative estimate of drug-likeness (QED) is 0.520. The maximum atomic E-state index is 14.0. The van der Waals surface area contributed by atoms with Gasteiger partial charge in [0, 0.05) is 4.91 Å². The van der Waals surface area contributed by atoms with Crippen LogP contribution in [-0.4, -0.2) is 14.2 Å². The van der Waals surface area contributed by atoms with Gasteiger partial charge in [-0.15, -0.1) is 0 Å². The molecule has 158 valence electrons. The minimum atomic E-state index is -3.49. The third-order valence-corrected chi connectivity index (χ3v) is 8.41. The van der Waals surface area contributed by atoms with Gasteiger partial charge in [0.05, 0.1) is 16.2 Å². The van der Waals surface area contributed by atoms with Crippen LogP contribution in [0.3, 0.4) is 0 Å². The van der Waals surface area contributed by atoms with E-state index in [1.54, 1.807) is 18.7 Å². The van der Waals surface area contributed by atoms with Crippen molar-refractivity contribution in [2.24, 2.45) is 0 Å². The molecule has 30 heavy (non-hydrogen) atoms. The van der Waals surface area contributed by atoms with Gasteiger partial charge in [-0.05, 0) is 85.8 Å². The average molecular weight is 444 g/mol. The standard InChI is InChI=1S/C24H26FNO2S2/c1-3-18-8-9-24(29-16-18)20-6-4-5-7-22(13-20)30(27,28)11-10-19-14-23(25)21(15-26)12-17(19)2/h7,9,12-14,16H,3-6,8,10-11H2,1-2H3. The molecule has 1 aliphatic carbocycles. The molecule has 6 heteroatoms. The topological polar surface area (TPSA) is 57.9 Å². The van der Waals surface area contributed by atoms with Crippen molar-refractivity contribution in [2.45, 2.75) is 52.4 Å². The average Bonchev–Trinajstić information content (AvgIpc) is 3.01. The van der Waals surface area contributed by atoms with E-state index >= 15 is 0 Å². The van der Waals surface area contributed by atoms with E-state index in [1.807, 2.05) is 18.2 Å². The Morgan fingerprint density at radius 3 is 2.73 bits per heavy atom. The summed E-state index contributed by atoms with van der Waals surface area (Å²) in [5.74, 6) is -0.687. The fourth-order valence-corrected chi connectivity index (χ4v) is 6.06. The fraction of sp³-hybridized carbons (Fsp3) is 0.375. The number of nitriles is 1. The predicted molar refractivity (Wildman–Crippen MR) is 122 cm³/mol.